The monoisotopic (exact) mass is 379 g/mol. The summed E-state index contributed by atoms with van der Waals surface area (Å²) in [5, 5.41) is 12.6. The molecule has 1 saturated carbocycles. The molecule has 1 aliphatic rings. The number of aromatic nitrogens is 4. The summed E-state index contributed by atoms with van der Waals surface area (Å²) in [6, 6.07) is 18.5. The van der Waals surface area contributed by atoms with Crippen molar-refractivity contribution in [3.63, 3.8) is 0 Å². The van der Waals surface area contributed by atoms with Gasteiger partial charge in [-0.2, -0.15) is 4.68 Å². The van der Waals surface area contributed by atoms with E-state index in [1.165, 1.54) is 17.3 Å². The fraction of sp³-hybridized carbons (Fsp3) is 0.300. The molecule has 1 amide bonds. The minimum atomic E-state index is 0.129. The van der Waals surface area contributed by atoms with Crippen molar-refractivity contribution in [3.8, 4) is 5.69 Å². The average molecular weight is 379 g/mol. The summed E-state index contributed by atoms with van der Waals surface area (Å²) >= 11 is 1.38. The van der Waals surface area contributed by atoms with E-state index < -0.39 is 0 Å². The molecule has 0 spiro atoms. The van der Waals surface area contributed by atoms with E-state index in [4.69, 9.17) is 0 Å². The maximum absolute atomic E-state index is 12.8. The van der Waals surface area contributed by atoms with Crippen molar-refractivity contribution in [2.75, 3.05) is 5.75 Å². The largest absolute Gasteiger partial charge is 0.335 e. The number of nitrogens with zero attached hydrogens (tertiary/aromatic N) is 5. The van der Waals surface area contributed by atoms with Crippen LogP contribution in [0.5, 0.6) is 0 Å². The minimum Gasteiger partial charge on any atom is -0.335 e. The summed E-state index contributed by atoms with van der Waals surface area (Å²) in [6.45, 7) is 2.70. The quantitative estimate of drug-likeness (QED) is 0.590. The lowest BCUT2D eigenvalue weighted by Gasteiger charge is -2.22. The van der Waals surface area contributed by atoms with E-state index in [0.29, 0.717) is 23.5 Å². The predicted octanol–water partition coefficient (Wildman–Crippen LogP) is 3.25. The summed E-state index contributed by atoms with van der Waals surface area (Å²) in [6.07, 6.45) is 2.18. The van der Waals surface area contributed by atoms with Crippen LogP contribution in [-0.4, -0.2) is 42.8 Å². The van der Waals surface area contributed by atoms with Crippen molar-refractivity contribution in [1.29, 1.82) is 0 Å². The zero-order valence-electron chi connectivity index (χ0n) is 15.2. The predicted molar refractivity (Wildman–Crippen MR) is 105 cm³/mol. The highest BCUT2D eigenvalue weighted by Crippen LogP contribution is 2.29. The number of hydrogen-bond donors (Lipinski definition) is 0. The summed E-state index contributed by atoms with van der Waals surface area (Å²) in [5.41, 5.74) is 3.23. The Morgan fingerprint density at radius 1 is 1.15 bits per heavy atom. The lowest BCUT2D eigenvalue weighted by Crippen LogP contribution is -2.34. The average Bonchev–Trinajstić information content (AvgIpc) is 3.43. The normalized spacial score (nSPS) is 13.5. The number of benzene rings is 2. The van der Waals surface area contributed by atoms with Gasteiger partial charge in [-0.25, -0.2) is 0 Å². The highest BCUT2D eigenvalue weighted by molar-refractivity contribution is 7.99. The van der Waals surface area contributed by atoms with Crippen molar-refractivity contribution in [1.82, 2.24) is 25.1 Å². The number of carbonyl (C=O) groups excluding carboxylic acids is 1. The Labute approximate surface area is 162 Å². The van der Waals surface area contributed by atoms with Gasteiger partial charge in [-0.1, -0.05) is 59.8 Å². The van der Waals surface area contributed by atoms with Crippen molar-refractivity contribution in [2.45, 2.75) is 37.5 Å². The van der Waals surface area contributed by atoms with Crippen LogP contribution in [0.15, 0.2) is 59.8 Å². The van der Waals surface area contributed by atoms with Gasteiger partial charge in [-0.05, 0) is 47.9 Å². The van der Waals surface area contributed by atoms with Crippen LogP contribution < -0.4 is 0 Å². The molecular formula is C20H21N5OS. The van der Waals surface area contributed by atoms with Crippen LogP contribution in [0.4, 0.5) is 0 Å². The zero-order valence-corrected chi connectivity index (χ0v) is 16.0. The summed E-state index contributed by atoms with van der Waals surface area (Å²) in [5.74, 6) is 0.458. The van der Waals surface area contributed by atoms with Gasteiger partial charge in [0.2, 0.25) is 11.1 Å². The first-order valence-corrected chi connectivity index (χ1v) is 10.0. The van der Waals surface area contributed by atoms with Gasteiger partial charge in [0.1, 0.15) is 0 Å². The molecule has 1 aliphatic carbocycles. The van der Waals surface area contributed by atoms with E-state index in [1.807, 2.05) is 54.3 Å². The molecule has 0 unspecified atom stereocenters. The zero-order chi connectivity index (χ0) is 18.6. The minimum absolute atomic E-state index is 0.129. The molecule has 0 atom stereocenters. The number of thioether (sulfide) groups is 1. The van der Waals surface area contributed by atoms with Crippen LogP contribution in [0.25, 0.3) is 5.69 Å². The Hall–Kier alpha value is -2.67. The molecule has 1 fully saturated rings. The lowest BCUT2D eigenvalue weighted by atomic mass is 10.2. The maximum Gasteiger partial charge on any atom is 0.233 e. The molecule has 3 aromatic rings. The molecule has 27 heavy (non-hydrogen) atoms. The number of aryl methyl sites for hydroxylation is 1. The van der Waals surface area contributed by atoms with Gasteiger partial charge < -0.3 is 4.90 Å². The smallest absolute Gasteiger partial charge is 0.233 e. The third kappa shape index (κ3) is 4.36. The number of carbonyl (C=O) groups is 1. The van der Waals surface area contributed by atoms with E-state index >= 15 is 0 Å². The van der Waals surface area contributed by atoms with Crippen molar-refractivity contribution in [3.05, 3.63) is 65.7 Å². The summed E-state index contributed by atoms with van der Waals surface area (Å²) < 4.78 is 1.68. The topological polar surface area (TPSA) is 63.9 Å². The van der Waals surface area contributed by atoms with Crippen LogP contribution in [0.2, 0.25) is 0 Å². The van der Waals surface area contributed by atoms with Gasteiger partial charge in [0, 0.05) is 12.6 Å². The van der Waals surface area contributed by atoms with Crippen LogP contribution in [-0.2, 0) is 11.3 Å². The molecule has 0 saturated heterocycles. The Balaban J connectivity index is 1.43. The number of tetrazole rings is 1. The second kappa shape index (κ2) is 7.92. The van der Waals surface area contributed by atoms with Gasteiger partial charge in [0.15, 0.2) is 0 Å². The van der Waals surface area contributed by atoms with Gasteiger partial charge in [0.05, 0.1) is 11.4 Å². The van der Waals surface area contributed by atoms with E-state index in [2.05, 4.69) is 27.7 Å². The van der Waals surface area contributed by atoms with E-state index in [9.17, 15) is 4.79 Å². The van der Waals surface area contributed by atoms with Crippen LogP contribution in [0.1, 0.15) is 24.0 Å². The number of amides is 1. The highest BCUT2D eigenvalue weighted by atomic mass is 32.2. The van der Waals surface area contributed by atoms with Crippen molar-refractivity contribution >= 4 is 17.7 Å². The molecule has 4 rings (SSSR count). The number of rotatable bonds is 7. The summed E-state index contributed by atoms with van der Waals surface area (Å²) in [7, 11) is 0. The molecular weight excluding hydrogens is 358 g/mol. The number of hydrogen-bond acceptors (Lipinski definition) is 5. The van der Waals surface area contributed by atoms with Crippen LogP contribution in [0, 0.1) is 6.92 Å². The molecule has 7 heteroatoms. The van der Waals surface area contributed by atoms with Crippen molar-refractivity contribution in [2.24, 2.45) is 0 Å². The first kappa shape index (κ1) is 17.7. The van der Waals surface area contributed by atoms with E-state index in [-0.39, 0.29) is 5.91 Å². The lowest BCUT2D eigenvalue weighted by molar-refractivity contribution is -0.129. The molecule has 2 aromatic carbocycles. The molecule has 0 radical (unpaired) electrons. The van der Waals surface area contributed by atoms with Gasteiger partial charge >= 0.3 is 0 Å². The Morgan fingerprint density at radius 2 is 1.89 bits per heavy atom. The second-order valence-corrected chi connectivity index (χ2v) is 7.68. The Bertz CT molecular complexity index is 906. The maximum atomic E-state index is 12.8. The highest BCUT2D eigenvalue weighted by Gasteiger charge is 2.32. The SMILES string of the molecule is Cc1ccc(-n2nnnc2SCC(=O)N(Cc2ccccc2)C2CC2)cc1. The fourth-order valence-corrected chi connectivity index (χ4v) is 3.69. The van der Waals surface area contributed by atoms with Gasteiger partial charge in [0.25, 0.3) is 0 Å². The first-order chi connectivity index (χ1) is 13.2. The molecule has 1 heterocycles. The van der Waals surface area contributed by atoms with Gasteiger partial charge in [-0.3, -0.25) is 4.79 Å². The van der Waals surface area contributed by atoms with Crippen LogP contribution >= 0.6 is 11.8 Å². The van der Waals surface area contributed by atoms with Crippen molar-refractivity contribution < 1.29 is 4.79 Å². The van der Waals surface area contributed by atoms with Gasteiger partial charge in [-0.15, -0.1) is 5.10 Å². The standard InChI is InChI=1S/C20H21N5OS/c1-15-7-9-18(10-8-15)25-20(21-22-23-25)27-14-19(26)24(17-11-12-17)13-16-5-3-2-4-6-16/h2-10,17H,11-14H2,1H3. The second-order valence-electron chi connectivity index (χ2n) is 6.74. The molecule has 138 valence electrons. The van der Waals surface area contributed by atoms with E-state index in [0.717, 1.165) is 24.1 Å². The first-order valence-electron chi connectivity index (χ1n) is 9.02. The third-order valence-electron chi connectivity index (χ3n) is 4.55. The molecule has 0 bridgehead atoms. The fourth-order valence-electron chi connectivity index (χ4n) is 2.91. The third-order valence-corrected chi connectivity index (χ3v) is 5.45. The molecule has 0 aliphatic heterocycles. The molecule has 6 nitrogen and oxygen atoms in total. The molecule has 0 N–H and O–H groups in total. The Kier molecular flexibility index (Phi) is 5.20. The van der Waals surface area contributed by atoms with E-state index in [1.54, 1.807) is 4.68 Å². The molecule has 1 aromatic heterocycles. The van der Waals surface area contributed by atoms with Crippen LogP contribution in [0.3, 0.4) is 0 Å². The Morgan fingerprint density at radius 3 is 2.59 bits per heavy atom. The summed E-state index contributed by atoms with van der Waals surface area (Å²) in [4.78, 5) is 14.8.